The van der Waals surface area contributed by atoms with Crippen LogP contribution in [0.4, 0.5) is 18.9 Å². The highest BCUT2D eigenvalue weighted by molar-refractivity contribution is 6.05. The van der Waals surface area contributed by atoms with E-state index in [0.29, 0.717) is 5.69 Å². The van der Waals surface area contributed by atoms with Gasteiger partial charge in [0.25, 0.3) is 5.91 Å². The number of aromatic nitrogens is 3. The Bertz CT molecular complexity index is 992. The third kappa shape index (κ3) is 3.26. The van der Waals surface area contributed by atoms with E-state index >= 15 is 0 Å². The Hall–Kier alpha value is -2.90. The van der Waals surface area contributed by atoms with Crippen molar-refractivity contribution in [2.24, 2.45) is 0 Å². The van der Waals surface area contributed by atoms with E-state index in [4.69, 9.17) is 0 Å². The molecule has 0 aliphatic carbocycles. The molecular weight excluding hydrogens is 345 g/mol. The number of pyridine rings is 1. The molecule has 0 atom stereocenters. The third-order valence-corrected chi connectivity index (χ3v) is 4.13. The van der Waals surface area contributed by atoms with Crippen molar-refractivity contribution in [3.8, 4) is 0 Å². The number of aryl methyl sites for hydroxylation is 3. The van der Waals surface area contributed by atoms with Crippen LogP contribution in [0.1, 0.15) is 34.5 Å². The van der Waals surface area contributed by atoms with Gasteiger partial charge in [-0.15, -0.1) is 0 Å². The summed E-state index contributed by atoms with van der Waals surface area (Å²) < 4.78 is 40.1. The number of hydrogen-bond acceptors (Lipinski definition) is 3. The molecule has 8 heteroatoms. The molecule has 1 aromatic carbocycles. The normalized spacial score (nSPS) is 11.8. The SMILES string of the molecule is CCn1c(C)nc2cc(NC(=O)c3ccc(C(F)(F)F)nc3C)ccc21. The van der Waals surface area contributed by atoms with Crippen LogP contribution in [0, 0.1) is 13.8 Å². The van der Waals surface area contributed by atoms with Crippen LogP contribution in [-0.2, 0) is 12.7 Å². The molecule has 0 aliphatic rings. The van der Waals surface area contributed by atoms with Crippen molar-refractivity contribution in [1.29, 1.82) is 0 Å². The van der Waals surface area contributed by atoms with Crippen molar-refractivity contribution < 1.29 is 18.0 Å². The molecule has 0 saturated carbocycles. The van der Waals surface area contributed by atoms with E-state index in [1.165, 1.54) is 6.92 Å². The lowest BCUT2D eigenvalue weighted by Crippen LogP contribution is -2.16. The largest absolute Gasteiger partial charge is 0.433 e. The van der Waals surface area contributed by atoms with Gasteiger partial charge in [-0.1, -0.05) is 0 Å². The van der Waals surface area contributed by atoms with E-state index in [0.717, 1.165) is 35.5 Å². The molecular formula is C18H17F3N4O. The number of amides is 1. The van der Waals surface area contributed by atoms with Gasteiger partial charge in [0.15, 0.2) is 0 Å². The van der Waals surface area contributed by atoms with E-state index in [9.17, 15) is 18.0 Å². The first-order chi connectivity index (χ1) is 12.2. The maximum atomic E-state index is 12.7. The molecule has 2 aromatic heterocycles. The first kappa shape index (κ1) is 17.9. The number of carbonyl (C=O) groups excluding carboxylic acids is 1. The van der Waals surface area contributed by atoms with Gasteiger partial charge in [-0.05, 0) is 51.1 Å². The van der Waals surface area contributed by atoms with Gasteiger partial charge in [0, 0.05) is 12.2 Å². The van der Waals surface area contributed by atoms with Crippen molar-refractivity contribution in [3.63, 3.8) is 0 Å². The predicted octanol–water partition coefficient (Wildman–Crippen LogP) is 4.34. The van der Waals surface area contributed by atoms with E-state index in [2.05, 4.69) is 15.3 Å². The first-order valence-electron chi connectivity index (χ1n) is 8.03. The molecule has 0 radical (unpaired) electrons. The van der Waals surface area contributed by atoms with Crippen LogP contribution >= 0.6 is 0 Å². The molecule has 0 spiro atoms. The Balaban J connectivity index is 1.87. The zero-order chi connectivity index (χ0) is 19.1. The molecule has 0 saturated heterocycles. The summed E-state index contributed by atoms with van der Waals surface area (Å²) >= 11 is 0. The number of nitrogens with zero attached hydrogens (tertiary/aromatic N) is 3. The zero-order valence-electron chi connectivity index (χ0n) is 14.5. The van der Waals surface area contributed by atoms with Crippen LogP contribution < -0.4 is 5.32 Å². The summed E-state index contributed by atoms with van der Waals surface area (Å²) in [6, 6.07) is 7.26. The van der Waals surface area contributed by atoms with Gasteiger partial charge in [-0.3, -0.25) is 4.79 Å². The Kier molecular flexibility index (Phi) is 4.43. The summed E-state index contributed by atoms with van der Waals surface area (Å²) in [5.74, 6) is 0.350. The lowest BCUT2D eigenvalue weighted by molar-refractivity contribution is -0.141. The van der Waals surface area contributed by atoms with Crippen LogP contribution in [0.2, 0.25) is 0 Å². The molecule has 3 rings (SSSR count). The second kappa shape index (κ2) is 6.44. The average Bonchev–Trinajstić information content (AvgIpc) is 2.87. The molecule has 1 amide bonds. The highest BCUT2D eigenvalue weighted by atomic mass is 19.4. The summed E-state index contributed by atoms with van der Waals surface area (Å²) in [6.45, 7) is 6.08. The molecule has 0 fully saturated rings. The number of anilines is 1. The molecule has 1 N–H and O–H groups in total. The number of hydrogen-bond donors (Lipinski definition) is 1. The molecule has 0 aliphatic heterocycles. The average molecular weight is 362 g/mol. The Morgan fingerprint density at radius 1 is 1.15 bits per heavy atom. The number of fused-ring (bicyclic) bond motifs is 1. The molecule has 136 valence electrons. The number of alkyl halides is 3. The smallest absolute Gasteiger partial charge is 0.329 e. The lowest BCUT2D eigenvalue weighted by atomic mass is 10.1. The first-order valence-corrected chi connectivity index (χ1v) is 8.03. The van der Waals surface area contributed by atoms with Gasteiger partial charge in [0.05, 0.1) is 22.3 Å². The van der Waals surface area contributed by atoms with E-state index < -0.39 is 17.8 Å². The fourth-order valence-corrected chi connectivity index (χ4v) is 2.88. The summed E-state index contributed by atoms with van der Waals surface area (Å²) in [6.07, 6.45) is -4.54. The minimum Gasteiger partial charge on any atom is -0.329 e. The zero-order valence-corrected chi connectivity index (χ0v) is 14.5. The number of nitrogens with one attached hydrogen (secondary N) is 1. The van der Waals surface area contributed by atoms with Crippen LogP contribution in [-0.4, -0.2) is 20.4 Å². The van der Waals surface area contributed by atoms with Crippen LogP contribution in [0.5, 0.6) is 0 Å². The topological polar surface area (TPSA) is 59.8 Å². The highest BCUT2D eigenvalue weighted by Gasteiger charge is 2.33. The Morgan fingerprint density at radius 2 is 1.88 bits per heavy atom. The fraction of sp³-hybridized carbons (Fsp3) is 0.278. The Labute approximate surface area is 147 Å². The second-order valence-corrected chi connectivity index (χ2v) is 5.89. The monoisotopic (exact) mass is 362 g/mol. The minimum absolute atomic E-state index is 0.0181. The summed E-state index contributed by atoms with van der Waals surface area (Å²) in [5.41, 5.74) is 1.30. The summed E-state index contributed by atoms with van der Waals surface area (Å²) in [7, 11) is 0. The summed E-state index contributed by atoms with van der Waals surface area (Å²) in [4.78, 5) is 20.3. The molecule has 5 nitrogen and oxygen atoms in total. The molecule has 3 aromatic rings. The van der Waals surface area contributed by atoms with Gasteiger partial charge < -0.3 is 9.88 Å². The van der Waals surface area contributed by atoms with Crippen LogP contribution in [0.25, 0.3) is 11.0 Å². The van der Waals surface area contributed by atoms with Crippen molar-refractivity contribution >= 4 is 22.6 Å². The highest BCUT2D eigenvalue weighted by Crippen LogP contribution is 2.28. The second-order valence-electron chi connectivity index (χ2n) is 5.89. The quantitative estimate of drug-likeness (QED) is 0.754. The van der Waals surface area contributed by atoms with Crippen molar-refractivity contribution in [1.82, 2.24) is 14.5 Å². The van der Waals surface area contributed by atoms with Gasteiger partial charge in [0.1, 0.15) is 11.5 Å². The predicted molar refractivity (Wildman–Crippen MR) is 92.1 cm³/mol. The number of imidazole rings is 1. The summed E-state index contributed by atoms with van der Waals surface area (Å²) in [5, 5.41) is 2.69. The van der Waals surface area contributed by atoms with Gasteiger partial charge >= 0.3 is 6.18 Å². The number of halogens is 3. The number of benzene rings is 1. The van der Waals surface area contributed by atoms with Crippen molar-refractivity contribution in [3.05, 3.63) is 53.1 Å². The van der Waals surface area contributed by atoms with Crippen molar-refractivity contribution in [2.75, 3.05) is 5.32 Å². The van der Waals surface area contributed by atoms with Crippen molar-refractivity contribution in [2.45, 2.75) is 33.5 Å². The van der Waals surface area contributed by atoms with E-state index in [1.54, 1.807) is 12.1 Å². The van der Waals surface area contributed by atoms with Gasteiger partial charge in [0.2, 0.25) is 0 Å². The number of rotatable bonds is 3. The molecule has 0 bridgehead atoms. The maximum absolute atomic E-state index is 12.7. The van der Waals surface area contributed by atoms with E-state index in [-0.39, 0.29) is 11.3 Å². The molecule has 26 heavy (non-hydrogen) atoms. The molecule has 2 heterocycles. The minimum atomic E-state index is -4.54. The lowest BCUT2D eigenvalue weighted by Gasteiger charge is -2.10. The Morgan fingerprint density at radius 3 is 2.50 bits per heavy atom. The number of carbonyl (C=O) groups is 1. The standard InChI is InChI=1S/C18H17F3N4O/c1-4-25-11(3)23-14-9-12(5-7-15(14)25)24-17(26)13-6-8-16(18(19,20)21)22-10(13)2/h5-9H,4H2,1-3H3,(H,24,26). The van der Waals surface area contributed by atoms with E-state index in [1.807, 2.05) is 24.5 Å². The fourth-order valence-electron chi connectivity index (χ4n) is 2.88. The van der Waals surface area contributed by atoms with Crippen LogP contribution in [0.3, 0.4) is 0 Å². The maximum Gasteiger partial charge on any atom is 0.433 e. The third-order valence-electron chi connectivity index (χ3n) is 4.13. The van der Waals surface area contributed by atoms with Gasteiger partial charge in [-0.25, -0.2) is 9.97 Å². The van der Waals surface area contributed by atoms with Crippen LogP contribution in [0.15, 0.2) is 30.3 Å². The van der Waals surface area contributed by atoms with Gasteiger partial charge in [-0.2, -0.15) is 13.2 Å². The molecule has 0 unspecified atom stereocenters.